The largest absolute Gasteiger partial charge is 0.369 e. The van der Waals surface area contributed by atoms with E-state index >= 15 is 0 Å². The summed E-state index contributed by atoms with van der Waals surface area (Å²) in [6.45, 7) is 0.761. The molecule has 3 N–H and O–H groups in total. The summed E-state index contributed by atoms with van der Waals surface area (Å²) in [6.07, 6.45) is 0. The van der Waals surface area contributed by atoms with Gasteiger partial charge in [-0.15, -0.1) is 11.8 Å². The van der Waals surface area contributed by atoms with Gasteiger partial charge >= 0.3 is 0 Å². The van der Waals surface area contributed by atoms with Crippen LogP contribution < -0.4 is 11.1 Å². The molecule has 8 heteroatoms. The van der Waals surface area contributed by atoms with Gasteiger partial charge in [0, 0.05) is 11.4 Å². The van der Waals surface area contributed by atoms with Crippen LogP contribution in [0.2, 0.25) is 10.0 Å². The van der Waals surface area contributed by atoms with Crippen molar-refractivity contribution < 1.29 is 9.59 Å². The molecule has 2 aromatic carbocycles. The van der Waals surface area contributed by atoms with Crippen LogP contribution in [0.1, 0.15) is 5.56 Å². The SMILES string of the molecule is CN(CC(=O)Nc1ccccc1SCC(N)=O)Cc1ccc(Cl)c(Cl)c1. The number of benzene rings is 2. The highest BCUT2D eigenvalue weighted by molar-refractivity contribution is 8.00. The second-order valence-electron chi connectivity index (χ2n) is 5.72. The van der Waals surface area contributed by atoms with E-state index in [1.165, 1.54) is 11.8 Å². The number of para-hydroxylation sites is 1. The van der Waals surface area contributed by atoms with Crippen LogP contribution in [0.3, 0.4) is 0 Å². The Morgan fingerprint density at radius 1 is 1.15 bits per heavy atom. The lowest BCUT2D eigenvalue weighted by Gasteiger charge is -2.17. The van der Waals surface area contributed by atoms with E-state index in [1.807, 2.05) is 36.2 Å². The van der Waals surface area contributed by atoms with Crippen LogP contribution in [0.25, 0.3) is 0 Å². The van der Waals surface area contributed by atoms with Gasteiger partial charge in [0.25, 0.3) is 0 Å². The predicted molar refractivity (Wildman–Crippen MR) is 108 cm³/mol. The highest BCUT2D eigenvalue weighted by Crippen LogP contribution is 2.27. The van der Waals surface area contributed by atoms with Gasteiger partial charge in [-0.05, 0) is 36.9 Å². The minimum absolute atomic E-state index is 0.153. The fraction of sp³-hybridized carbons (Fsp3) is 0.222. The van der Waals surface area contributed by atoms with Crippen molar-refractivity contribution in [1.82, 2.24) is 4.90 Å². The van der Waals surface area contributed by atoms with Gasteiger partial charge in [-0.3, -0.25) is 14.5 Å². The number of hydrogen-bond acceptors (Lipinski definition) is 4. The number of hydrogen-bond donors (Lipinski definition) is 2. The lowest BCUT2D eigenvalue weighted by molar-refractivity contribution is -0.117. The number of thioether (sulfide) groups is 1. The maximum Gasteiger partial charge on any atom is 0.238 e. The minimum atomic E-state index is -0.405. The summed E-state index contributed by atoms with van der Waals surface area (Å²) < 4.78 is 0. The first kappa shape index (κ1) is 20.6. The normalized spacial score (nSPS) is 10.8. The zero-order chi connectivity index (χ0) is 19.1. The summed E-state index contributed by atoms with van der Waals surface area (Å²) >= 11 is 13.2. The highest BCUT2D eigenvalue weighted by Gasteiger charge is 2.11. The third-order valence-electron chi connectivity index (χ3n) is 3.38. The van der Waals surface area contributed by atoms with Crippen LogP contribution in [-0.4, -0.2) is 36.1 Å². The molecule has 0 aliphatic carbocycles. The first-order chi connectivity index (χ1) is 12.3. The second-order valence-corrected chi connectivity index (χ2v) is 7.55. The minimum Gasteiger partial charge on any atom is -0.369 e. The zero-order valence-corrected chi connectivity index (χ0v) is 16.5. The first-order valence-corrected chi connectivity index (χ1v) is 9.51. The Labute approximate surface area is 166 Å². The van der Waals surface area contributed by atoms with E-state index < -0.39 is 5.91 Å². The predicted octanol–water partition coefficient (Wildman–Crippen LogP) is 3.64. The Morgan fingerprint density at radius 2 is 1.88 bits per heavy atom. The molecule has 0 aliphatic heterocycles. The number of halogens is 2. The van der Waals surface area contributed by atoms with E-state index in [-0.39, 0.29) is 18.2 Å². The number of primary amides is 1. The smallest absolute Gasteiger partial charge is 0.238 e. The van der Waals surface area contributed by atoms with E-state index in [2.05, 4.69) is 5.32 Å². The van der Waals surface area contributed by atoms with Crippen LogP contribution in [0.5, 0.6) is 0 Å². The number of rotatable bonds is 8. The van der Waals surface area contributed by atoms with Crippen LogP contribution in [-0.2, 0) is 16.1 Å². The molecule has 0 aliphatic rings. The van der Waals surface area contributed by atoms with Crippen molar-refractivity contribution in [3.8, 4) is 0 Å². The molecule has 26 heavy (non-hydrogen) atoms. The van der Waals surface area contributed by atoms with Crippen molar-refractivity contribution in [2.75, 3.05) is 24.7 Å². The van der Waals surface area contributed by atoms with Gasteiger partial charge in [-0.2, -0.15) is 0 Å². The first-order valence-electron chi connectivity index (χ1n) is 7.77. The summed E-state index contributed by atoms with van der Waals surface area (Å²) in [5, 5.41) is 3.86. The van der Waals surface area contributed by atoms with Crippen LogP contribution in [0.4, 0.5) is 5.69 Å². The molecular weight excluding hydrogens is 393 g/mol. The zero-order valence-electron chi connectivity index (χ0n) is 14.2. The number of anilines is 1. The number of nitrogens with zero attached hydrogens (tertiary/aromatic N) is 1. The molecular formula is C18H19Cl2N3O2S. The lowest BCUT2D eigenvalue weighted by atomic mass is 10.2. The number of nitrogens with one attached hydrogen (secondary N) is 1. The summed E-state index contributed by atoms with van der Waals surface area (Å²) in [6, 6.07) is 12.7. The fourth-order valence-corrected chi connectivity index (χ4v) is 3.35. The number of carbonyl (C=O) groups excluding carboxylic acids is 2. The molecule has 0 radical (unpaired) electrons. The summed E-state index contributed by atoms with van der Waals surface area (Å²) in [5.41, 5.74) is 6.80. The topological polar surface area (TPSA) is 75.4 Å². The number of amides is 2. The molecule has 0 bridgehead atoms. The maximum absolute atomic E-state index is 12.3. The van der Waals surface area contributed by atoms with Gasteiger partial charge in [0.2, 0.25) is 11.8 Å². The Balaban J connectivity index is 1.93. The third kappa shape index (κ3) is 6.53. The van der Waals surface area contributed by atoms with Gasteiger partial charge < -0.3 is 11.1 Å². The van der Waals surface area contributed by atoms with Gasteiger partial charge in [-0.1, -0.05) is 41.4 Å². The Kier molecular flexibility index (Phi) is 7.78. The molecule has 0 fully saturated rings. The lowest BCUT2D eigenvalue weighted by Crippen LogP contribution is -2.30. The summed E-state index contributed by atoms with van der Waals surface area (Å²) in [7, 11) is 1.84. The molecule has 0 aromatic heterocycles. The van der Waals surface area contributed by atoms with Crippen molar-refractivity contribution in [2.24, 2.45) is 5.73 Å². The molecule has 138 valence electrons. The fourth-order valence-electron chi connectivity index (χ4n) is 2.29. The molecule has 0 heterocycles. The maximum atomic E-state index is 12.3. The molecule has 0 spiro atoms. The van der Waals surface area contributed by atoms with Crippen LogP contribution in [0, 0.1) is 0 Å². The molecule has 2 amide bonds. The number of carbonyl (C=O) groups is 2. The third-order valence-corrected chi connectivity index (χ3v) is 5.22. The van der Waals surface area contributed by atoms with Gasteiger partial charge in [0.15, 0.2) is 0 Å². The van der Waals surface area contributed by atoms with E-state index in [4.69, 9.17) is 28.9 Å². The molecule has 0 saturated carbocycles. The molecule has 0 unspecified atom stereocenters. The number of nitrogens with two attached hydrogens (primary N) is 1. The average Bonchev–Trinajstić information content (AvgIpc) is 2.57. The van der Waals surface area contributed by atoms with Crippen molar-refractivity contribution in [3.05, 3.63) is 58.1 Å². The van der Waals surface area contributed by atoms with Crippen molar-refractivity contribution in [2.45, 2.75) is 11.4 Å². The quantitative estimate of drug-likeness (QED) is 0.650. The Morgan fingerprint density at radius 3 is 2.58 bits per heavy atom. The standard InChI is InChI=1S/C18H19Cl2N3O2S/c1-23(9-12-6-7-13(19)14(20)8-12)10-18(25)22-15-4-2-3-5-16(15)26-11-17(21)24/h2-8H,9-11H2,1H3,(H2,21,24)(H,22,25). The van der Waals surface area contributed by atoms with E-state index in [0.717, 1.165) is 10.5 Å². The molecule has 0 atom stereocenters. The molecule has 5 nitrogen and oxygen atoms in total. The highest BCUT2D eigenvalue weighted by atomic mass is 35.5. The van der Waals surface area contributed by atoms with Gasteiger partial charge in [-0.25, -0.2) is 0 Å². The van der Waals surface area contributed by atoms with Crippen LogP contribution in [0.15, 0.2) is 47.4 Å². The van der Waals surface area contributed by atoms with Gasteiger partial charge in [0.1, 0.15) is 0 Å². The monoisotopic (exact) mass is 411 g/mol. The number of likely N-dealkylation sites (N-methyl/N-ethyl adjacent to an activating group) is 1. The molecule has 0 saturated heterocycles. The van der Waals surface area contributed by atoms with Crippen molar-refractivity contribution in [1.29, 1.82) is 0 Å². The van der Waals surface area contributed by atoms with E-state index in [1.54, 1.807) is 18.2 Å². The van der Waals surface area contributed by atoms with Crippen LogP contribution >= 0.6 is 35.0 Å². The summed E-state index contributed by atoms with van der Waals surface area (Å²) in [5.74, 6) is -0.401. The van der Waals surface area contributed by atoms with Crippen molar-refractivity contribution in [3.63, 3.8) is 0 Å². The summed E-state index contributed by atoms with van der Waals surface area (Å²) in [4.78, 5) is 26.0. The molecule has 2 aromatic rings. The van der Waals surface area contributed by atoms with Crippen molar-refractivity contribution >= 4 is 52.5 Å². The molecule has 2 rings (SSSR count). The Hall–Kier alpha value is -1.73. The Bertz CT molecular complexity index is 802. The van der Waals surface area contributed by atoms with E-state index in [0.29, 0.717) is 22.3 Å². The van der Waals surface area contributed by atoms with Gasteiger partial charge in [0.05, 0.1) is 28.0 Å². The second kappa shape index (κ2) is 9.83. The van der Waals surface area contributed by atoms with E-state index in [9.17, 15) is 9.59 Å². The average molecular weight is 412 g/mol.